The Morgan fingerprint density at radius 1 is 1.07 bits per heavy atom. The number of carbonyl (C=O) groups is 1. The Kier molecular flexibility index (Phi) is 7.37. The molecule has 2 aromatic carbocycles. The molecule has 9 nitrogen and oxygen atoms in total. The van der Waals surface area contributed by atoms with Crippen LogP contribution in [0.3, 0.4) is 0 Å². The fourth-order valence-corrected chi connectivity index (χ4v) is 4.77. The number of halogens is 4. The number of aromatic nitrogens is 4. The maximum atomic E-state index is 14.1. The molecule has 2 aromatic heterocycles. The van der Waals surface area contributed by atoms with E-state index in [2.05, 4.69) is 20.8 Å². The lowest BCUT2D eigenvalue weighted by Gasteiger charge is -2.33. The number of hydrogen-bond donors (Lipinski definition) is 2. The maximum absolute atomic E-state index is 14.1. The van der Waals surface area contributed by atoms with Gasteiger partial charge in [0.15, 0.2) is 29.1 Å². The highest BCUT2D eigenvalue weighted by Crippen LogP contribution is 2.44. The van der Waals surface area contributed by atoms with Gasteiger partial charge in [-0.05, 0) is 42.3 Å². The molecule has 13 heteroatoms. The van der Waals surface area contributed by atoms with Gasteiger partial charge in [0.05, 0.1) is 26.8 Å². The van der Waals surface area contributed by atoms with Gasteiger partial charge < -0.3 is 20.1 Å². The average Bonchev–Trinajstić information content (AvgIpc) is 3.51. The number of anilines is 2. The Morgan fingerprint density at radius 2 is 1.80 bits per heavy atom. The summed E-state index contributed by atoms with van der Waals surface area (Å²) in [6.07, 6.45) is -4.92. The normalized spacial score (nSPS) is 16.7. The quantitative estimate of drug-likeness (QED) is 0.280. The van der Waals surface area contributed by atoms with Crippen molar-refractivity contribution >= 4 is 29.1 Å². The number of rotatable bonds is 7. The number of hydrogen-bond acceptors (Lipinski definition) is 6. The fourth-order valence-electron chi connectivity index (χ4n) is 4.65. The van der Waals surface area contributed by atoms with Crippen molar-refractivity contribution in [2.75, 3.05) is 24.9 Å². The molecule has 4 aromatic rings. The number of amides is 1. The van der Waals surface area contributed by atoms with Crippen LogP contribution in [0.2, 0.25) is 5.02 Å². The third-order valence-corrected chi connectivity index (χ3v) is 6.95. The number of ether oxygens (including phenoxy) is 2. The first-order valence-electron chi connectivity index (χ1n) is 12.3. The van der Waals surface area contributed by atoms with Crippen molar-refractivity contribution in [1.82, 2.24) is 19.6 Å². The van der Waals surface area contributed by atoms with Crippen molar-refractivity contribution in [3.05, 3.63) is 82.1 Å². The molecule has 0 spiro atoms. The molecule has 0 aliphatic carbocycles. The second kappa shape index (κ2) is 10.8. The van der Waals surface area contributed by atoms with Gasteiger partial charge in [0.2, 0.25) is 0 Å². The molecule has 0 fully saturated rings. The molecule has 0 bridgehead atoms. The van der Waals surface area contributed by atoms with Gasteiger partial charge in [0.1, 0.15) is 5.82 Å². The number of methoxy groups -OCH3 is 2. The predicted octanol–water partition coefficient (Wildman–Crippen LogP) is 6.02. The van der Waals surface area contributed by atoms with Gasteiger partial charge in [-0.15, -0.1) is 0 Å². The number of nitrogens with zero attached hydrogens (tertiary/aromatic N) is 4. The zero-order chi connectivity index (χ0) is 28.6. The molecule has 0 saturated carbocycles. The van der Waals surface area contributed by atoms with Crippen LogP contribution in [0.15, 0.2) is 54.6 Å². The topological polar surface area (TPSA) is 95.2 Å². The van der Waals surface area contributed by atoms with Crippen molar-refractivity contribution in [3.8, 4) is 11.5 Å². The molecule has 3 heterocycles. The van der Waals surface area contributed by atoms with E-state index in [1.807, 2.05) is 19.1 Å². The monoisotopic (exact) mass is 574 g/mol. The summed E-state index contributed by atoms with van der Waals surface area (Å²) >= 11 is 5.95. The molecule has 0 radical (unpaired) electrons. The summed E-state index contributed by atoms with van der Waals surface area (Å²) in [6, 6.07) is 12.6. The number of nitrogens with one attached hydrogen (secondary N) is 2. The van der Waals surface area contributed by atoms with Crippen molar-refractivity contribution < 1.29 is 27.4 Å². The van der Waals surface area contributed by atoms with Crippen LogP contribution < -0.4 is 20.1 Å². The van der Waals surface area contributed by atoms with E-state index >= 15 is 0 Å². The van der Waals surface area contributed by atoms with E-state index in [9.17, 15) is 18.0 Å². The van der Waals surface area contributed by atoms with Gasteiger partial charge in [-0.1, -0.05) is 29.8 Å². The van der Waals surface area contributed by atoms with E-state index in [0.29, 0.717) is 28.6 Å². The Balaban J connectivity index is 1.37. The summed E-state index contributed by atoms with van der Waals surface area (Å²) in [5.41, 5.74) is 2.15. The van der Waals surface area contributed by atoms with Crippen LogP contribution in [0.5, 0.6) is 11.5 Å². The Labute approximate surface area is 232 Å². The molecule has 2 atom stereocenters. The van der Waals surface area contributed by atoms with E-state index in [4.69, 9.17) is 21.1 Å². The van der Waals surface area contributed by atoms with Gasteiger partial charge >= 0.3 is 6.18 Å². The predicted molar refractivity (Wildman–Crippen MR) is 143 cm³/mol. The first-order valence-corrected chi connectivity index (χ1v) is 12.7. The maximum Gasteiger partial charge on any atom is 0.410 e. The van der Waals surface area contributed by atoms with Crippen molar-refractivity contribution in [3.63, 3.8) is 0 Å². The molecular weight excluding hydrogens is 549 g/mol. The zero-order valence-corrected chi connectivity index (χ0v) is 22.5. The van der Waals surface area contributed by atoms with Crippen LogP contribution in [0.25, 0.3) is 0 Å². The Hall–Kier alpha value is -4.19. The number of aryl methyl sites for hydroxylation is 1. The SMILES string of the molecule is COc1ccc(C2CC(C(F)(F)F)n3nc(C(=O)Nc4cc(C)n(Cc5ccc(Cl)cc5)n4)cc3N2)cc1OC. The zero-order valence-electron chi connectivity index (χ0n) is 21.8. The highest BCUT2D eigenvalue weighted by molar-refractivity contribution is 6.30. The minimum Gasteiger partial charge on any atom is -0.493 e. The van der Waals surface area contributed by atoms with E-state index in [-0.39, 0.29) is 23.8 Å². The molecule has 40 heavy (non-hydrogen) atoms. The van der Waals surface area contributed by atoms with Crippen LogP contribution in [0.1, 0.15) is 45.8 Å². The number of benzene rings is 2. The Morgan fingerprint density at radius 3 is 2.48 bits per heavy atom. The Bertz CT molecular complexity index is 1530. The molecule has 5 rings (SSSR count). The fraction of sp³-hybridized carbons (Fsp3) is 0.296. The number of fused-ring (bicyclic) bond motifs is 1. The van der Waals surface area contributed by atoms with Crippen LogP contribution in [0.4, 0.5) is 24.8 Å². The molecule has 1 aliphatic rings. The lowest BCUT2D eigenvalue weighted by molar-refractivity contribution is -0.173. The first kappa shape index (κ1) is 27.4. The van der Waals surface area contributed by atoms with Gasteiger partial charge in [0, 0.05) is 29.3 Å². The van der Waals surface area contributed by atoms with E-state index in [0.717, 1.165) is 15.9 Å². The van der Waals surface area contributed by atoms with E-state index in [1.165, 1.54) is 20.3 Å². The third kappa shape index (κ3) is 5.57. The molecule has 2 N–H and O–H groups in total. The van der Waals surface area contributed by atoms with Gasteiger partial charge in [-0.25, -0.2) is 4.68 Å². The van der Waals surface area contributed by atoms with Crippen molar-refractivity contribution in [2.24, 2.45) is 0 Å². The third-order valence-electron chi connectivity index (χ3n) is 6.70. The number of carbonyl (C=O) groups excluding carboxylic acids is 1. The lowest BCUT2D eigenvalue weighted by Crippen LogP contribution is -2.35. The number of alkyl halides is 3. The summed E-state index contributed by atoms with van der Waals surface area (Å²) < 4.78 is 55.4. The standard InChI is InChI=1S/C27H26ClF3N6O3/c1-15-10-24(35-36(15)14-16-4-7-18(28)8-5-16)33-26(38)20-13-25-32-19(12-23(27(29,30)31)37(25)34-20)17-6-9-21(39-2)22(11-17)40-3/h4-11,13,19,23,32H,12,14H2,1-3H3,(H,33,35,38). The highest BCUT2D eigenvalue weighted by Gasteiger charge is 2.47. The molecule has 2 unspecified atom stereocenters. The minimum absolute atomic E-state index is 0.0722. The summed E-state index contributed by atoms with van der Waals surface area (Å²) in [4.78, 5) is 13.0. The minimum atomic E-state index is -4.59. The van der Waals surface area contributed by atoms with Crippen molar-refractivity contribution in [2.45, 2.75) is 38.1 Å². The average molecular weight is 575 g/mol. The second-order valence-electron chi connectivity index (χ2n) is 9.37. The molecule has 1 aliphatic heterocycles. The van der Waals surface area contributed by atoms with Crippen LogP contribution in [-0.4, -0.2) is 45.9 Å². The smallest absolute Gasteiger partial charge is 0.410 e. The summed E-state index contributed by atoms with van der Waals surface area (Å²) in [6.45, 7) is 2.28. The van der Waals surface area contributed by atoms with Gasteiger partial charge in [-0.3, -0.25) is 9.48 Å². The van der Waals surface area contributed by atoms with E-state index < -0.39 is 24.2 Å². The highest BCUT2D eigenvalue weighted by atomic mass is 35.5. The van der Waals surface area contributed by atoms with Crippen LogP contribution >= 0.6 is 11.6 Å². The van der Waals surface area contributed by atoms with Crippen LogP contribution in [-0.2, 0) is 6.54 Å². The molecular formula is C27H26ClF3N6O3. The van der Waals surface area contributed by atoms with Crippen LogP contribution in [0, 0.1) is 6.92 Å². The van der Waals surface area contributed by atoms with Gasteiger partial charge in [0.25, 0.3) is 5.91 Å². The molecule has 0 saturated heterocycles. The summed E-state index contributed by atoms with van der Waals surface area (Å²) in [5, 5.41) is 14.8. The molecule has 210 valence electrons. The summed E-state index contributed by atoms with van der Waals surface area (Å²) in [7, 11) is 2.93. The molecule has 1 amide bonds. The second-order valence-corrected chi connectivity index (χ2v) is 9.81. The summed E-state index contributed by atoms with van der Waals surface area (Å²) in [5.74, 6) is 0.511. The van der Waals surface area contributed by atoms with Crippen molar-refractivity contribution in [1.29, 1.82) is 0 Å². The largest absolute Gasteiger partial charge is 0.493 e. The van der Waals surface area contributed by atoms with E-state index in [1.54, 1.807) is 41.1 Å². The first-order chi connectivity index (χ1) is 19.0. The lowest BCUT2D eigenvalue weighted by atomic mass is 9.96. The van der Waals surface area contributed by atoms with Gasteiger partial charge in [-0.2, -0.15) is 23.4 Å².